The van der Waals surface area contributed by atoms with Gasteiger partial charge in [-0.3, -0.25) is 19.6 Å². The molecule has 3 rings (SSSR count). The summed E-state index contributed by atoms with van der Waals surface area (Å²) in [4.78, 5) is 32.6. The summed E-state index contributed by atoms with van der Waals surface area (Å²) in [5.41, 5.74) is 3.57. The van der Waals surface area contributed by atoms with E-state index in [0.717, 1.165) is 34.5 Å². The van der Waals surface area contributed by atoms with Gasteiger partial charge in [0.2, 0.25) is 5.88 Å². The van der Waals surface area contributed by atoms with Crippen molar-refractivity contribution in [2.75, 3.05) is 0 Å². The van der Waals surface area contributed by atoms with Gasteiger partial charge < -0.3 is 10.1 Å². The van der Waals surface area contributed by atoms with Gasteiger partial charge in [-0.2, -0.15) is 0 Å². The van der Waals surface area contributed by atoms with Crippen LogP contribution in [0.25, 0.3) is 11.6 Å². The Morgan fingerprint density at radius 2 is 1.90 bits per heavy atom. The largest absolute Gasteiger partial charge is 0.493 e. The van der Waals surface area contributed by atoms with Crippen molar-refractivity contribution in [3.63, 3.8) is 0 Å². The van der Waals surface area contributed by atoms with Crippen molar-refractivity contribution >= 4 is 23.0 Å². The molecule has 29 heavy (non-hydrogen) atoms. The molecule has 6 heteroatoms. The van der Waals surface area contributed by atoms with Gasteiger partial charge in [0, 0.05) is 16.6 Å². The Hall–Kier alpha value is -3.41. The molecule has 0 amide bonds. The predicted octanol–water partition coefficient (Wildman–Crippen LogP) is 4.12. The van der Waals surface area contributed by atoms with Crippen molar-refractivity contribution in [2.45, 2.75) is 34.1 Å². The lowest BCUT2D eigenvalue weighted by Gasteiger charge is -2.21. The molecule has 0 atom stereocenters. The second-order valence-corrected chi connectivity index (χ2v) is 7.95. The highest BCUT2D eigenvalue weighted by atomic mass is 16.3. The van der Waals surface area contributed by atoms with Gasteiger partial charge in [0.1, 0.15) is 5.69 Å². The Labute approximate surface area is 169 Å². The molecule has 2 heterocycles. The lowest BCUT2D eigenvalue weighted by Crippen LogP contribution is -2.29. The quantitative estimate of drug-likeness (QED) is 0.528. The fraction of sp³-hybridized carbons (Fsp3) is 0.261. The van der Waals surface area contributed by atoms with Crippen LogP contribution < -0.4 is 11.1 Å². The molecule has 3 N–H and O–H groups in total. The second kappa shape index (κ2) is 7.54. The number of nitrogens with one attached hydrogen (secondary N) is 2. The van der Waals surface area contributed by atoms with Gasteiger partial charge >= 0.3 is 11.1 Å². The Kier molecular flexibility index (Phi) is 5.29. The van der Waals surface area contributed by atoms with Crippen LogP contribution in [0.4, 0.5) is 5.69 Å². The second-order valence-electron chi connectivity index (χ2n) is 7.95. The first-order valence-electron chi connectivity index (χ1n) is 9.39. The van der Waals surface area contributed by atoms with E-state index in [0.29, 0.717) is 0 Å². The van der Waals surface area contributed by atoms with Crippen LogP contribution in [0.1, 0.15) is 44.5 Å². The first kappa shape index (κ1) is 20.3. The van der Waals surface area contributed by atoms with Crippen LogP contribution in [0, 0.1) is 5.41 Å². The number of aromatic nitrogens is 2. The molecule has 0 fully saturated rings. The van der Waals surface area contributed by atoms with Crippen LogP contribution in [-0.2, 0) is 6.42 Å². The third-order valence-corrected chi connectivity index (χ3v) is 4.94. The molecule has 1 aliphatic rings. The molecule has 0 unspecified atom stereocenters. The molecule has 1 aromatic heterocycles. The molecule has 6 nitrogen and oxygen atoms in total. The van der Waals surface area contributed by atoms with Gasteiger partial charge in [-0.25, -0.2) is 0 Å². The summed E-state index contributed by atoms with van der Waals surface area (Å²) in [6.45, 7) is 12.0. The van der Waals surface area contributed by atoms with E-state index in [1.807, 2.05) is 32.1 Å². The van der Waals surface area contributed by atoms with Gasteiger partial charge in [0.25, 0.3) is 0 Å². The lowest BCUT2D eigenvalue weighted by atomic mass is 9.82. The molecule has 0 saturated carbocycles. The summed E-state index contributed by atoms with van der Waals surface area (Å²) in [5, 5.41) is 10.1. The number of aliphatic imine (C=N–C) groups is 1. The smallest absolute Gasteiger partial charge is 0.316 e. The summed E-state index contributed by atoms with van der Waals surface area (Å²) < 4.78 is 0. The van der Waals surface area contributed by atoms with Crippen LogP contribution in [0.2, 0.25) is 0 Å². The molecule has 0 aliphatic carbocycles. The Morgan fingerprint density at radius 1 is 1.21 bits per heavy atom. The number of allylic oxidation sites excluding steroid dienone is 4. The molecule has 150 valence electrons. The number of aromatic hydroxyl groups is 1. The Bertz CT molecular complexity index is 1190. The Morgan fingerprint density at radius 3 is 2.55 bits per heavy atom. The van der Waals surface area contributed by atoms with Gasteiger partial charge in [-0.05, 0) is 44.0 Å². The minimum atomic E-state index is -0.902. The van der Waals surface area contributed by atoms with Crippen molar-refractivity contribution in [3.8, 4) is 5.88 Å². The van der Waals surface area contributed by atoms with E-state index in [4.69, 9.17) is 4.99 Å². The highest BCUT2D eigenvalue weighted by Crippen LogP contribution is 2.42. The van der Waals surface area contributed by atoms with Crippen molar-refractivity contribution in [1.82, 2.24) is 9.97 Å². The summed E-state index contributed by atoms with van der Waals surface area (Å²) >= 11 is 0. The van der Waals surface area contributed by atoms with Crippen LogP contribution in [-0.4, -0.2) is 20.8 Å². The zero-order valence-corrected chi connectivity index (χ0v) is 17.1. The van der Waals surface area contributed by atoms with E-state index in [2.05, 4.69) is 42.5 Å². The fourth-order valence-corrected chi connectivity index (χ4v) is 3.11. The van der Waals surface area contributed by atoms with E-state index in [-0.39, 0.29) is 5.69 Å². The average Bonchev–Trinajstić information content (AvgIpc) is 3.03. The third-order valence-electron chi connectivity index (χ3n) is 4.94. The van der Waals surface area contributed by atoms with E-state index in [1.165, 1.54) is 5.57 Å². The standard InChI is InChI=1S/C23H25N3O3/c1-6-23(4,5)19-16(12-18-20(27)26-22(29)21(28)25-18)15-11-14(8-7-13(2)3)9-10-17(15)24-19/h6-7,9-12H,1,8H2,2-5H3,(H,25,28)(H2,26,27,29)/b16-12-. The molecule has 0 radical (unpaired) electrons. The molecule has 0 spiro atoms. The van der Waals surface area contributed by atoms with Gasteiger partial charge in [0.15, 0.2) is 0 Å². The average molecular weight is 391 g/mol. The zero-order valence-electron chi connectivity index (χ0n) is 17.1. The topological polar surface area (TPSA) is 98.3 Å². The highest BCUT2D eigenvalue weighted by molar-refractivity contribution is 6.34. The van der Waals surface area contributed by atoms with Crippen molar-refractivity contribution in [1.29, 1.82) is 0 Å². The molecule has 2 aromatic rings. The monoisotopic (exact) mass is 391 g/mol. The zero-order chi connectivity index (χ0) is 21.3. The molecule has 0 bridgehead atoms. The molecular formula is C23H25N3O3. The maximum absolute atomic E-state index is 11.8. The van der Waals surface area contributed by atoms with E-state index in [9.17, 15) is 14.7 Å². The van der Waals surface area contributed by atoms with Crippen molar-refractivity contribution < 1.29 is 5.11 Å². The van der Waals surface area contributed by atoms with Gasteiger partial charge in [0.05, 0.1) is 11.4 Å². The van der Waals surface area contributed by atoms with Gasteiger partial charge in [-0.1, -0.05) is 37.6 Å². The maximum atomic E-state index is 11.8. The Balaban J connectivity index is 2.21. The predicted molar refractivity (Wildman–Crippen MR) is 118 cm³/mol. The summed E-state index contributed by atoms with van der Waals surface area (Å²) in [6.07, 6.45) is 6.41. The fourth-order valence-electron chi connectivity index (χ4n) is 3.11. The van der Waals surface area contributed by atoms with E-state index < -0.39 is 22.4 Å². The van der Waals surface area contributed by atoms with Crippen molar-refractivity contribution in [2.24, 2.45) is 10.4 Å². The first-order valence-corrected chi connectivity index (χ1v) is 9.39. The van der Waals surface area contributed by atoms with Crippen LogP contribution >= 0.6 is 0 Å². The number of rotatable bonds is 5. The number of nitrogens with zero attached hydrogens (tertiary/aromatic N) is 1. The van der Waals surface area contributed by atoms with Crippen LogP contribution in [0.15, 0.2) is 57.1 Å². The van der Waals surface area contributed by atoms with Gasteiger partial charge in [-0.15, -0.1) is 6.58 Å². The normalized spacial score (nSPS) is 14.5. The molecule has 1 aliphatic heterocycles. The highest BCUT2D eigenvalue weighted by Gasteiger charge is 2.31. The minimum absolute atomic E-state index is 0.125. The van der Waals surface area contributed by atoms with Crippen molar-refractivity contribution in [3.05, 3.63) is 80.0 Å². The minimum Gasteiger partial charge on any atom is -0.493 e. The number of H-pyrrole nitrogens is 2. The summed E-state index contributed by atoms with van der Waals surface area (Å²) in [5.74, 6) is -0.396. The number of hydrogen-bond acceptors (Lipinski definition) is 4. The number of benzene rings is 1. The number of hydrogen-bond donors (Lipinski definition) is 3. The van der Waals surface area contributed by atoms with Crippen LogP contribution in [0.3, 0.4) is 0 Å². The van der Waals surface area contributed by atoms with E-state index >= 15 is 0 Å². The van der Waals surface area contributed by atoms with E-state index in [1.54, 1.807) is 6.08 Å². The number of aromatic amines is 2. The maximum Gasteiger partial charge on any atom is 0.316 e. The number of fused-ring (bicyclic) bond motifs is 1. The molecular weight excluding hydrogens is 366 g/mol. The summed E-state index contributed by atoms with van der Waals surface area (Å²) in [7, 11) is 0. The SMILES string of the molecule is C=CC(C)(C)C1=Nc2ccc(CC=C(C)C)cc2/C1=C/c1[nH]c(=O)c(=O)[nH]c1O. The third kappa shape index (κ3) is 4.06. The lowest BCUT2D eigenvalue weighted by molar-refractivity contribution is 0.446. The molecule has 0 saturated heterocycles. The molecule has 1 aromatic carbocycles. The first-order chi connectivity index (χ1) is 13.6. The summed E-state index contributed by atoms with van der Waals surface area (Å²) in [6, 6.07) is 6.08. The van der Waals surface area contributed by atoms with Crippen LogP contribution in [0.5, 0.6) is 5.88 Å².